The van der Waals surface area contributed by atoms with Gasteiger partial charge in [-0.15, -0.1) is 5.10 Å². The van der Waals surface area contributed by atoms with Crippen LogP contribution in [-0.2, 0) is 13.5 Å². The summed E-state index contributed by atoms with van der Waals surface area (Å²) >= 11 is 6.28. The first-order valence-electron chi connectivity index (χ1n) is 9.10. The summed E-state index contributed by atoms with van der Waals surface area (Å²) in [4.78, 5) is 26.1. The fourth-order valence-electron chi connectivity index (χ4n) is 3.74. The maximum atomic E-state index is 13.3. The molecule has 1 amide bonds. The number of aryl methyl sites for hydroxylation is 1. The van der Waals surface area contributed by atoms with E-state index in [1.807, 2.05) is 0 Å². The highest BCUT2D eigenvalue weighted by Crippen LogP contribution is 2.35. The second kappa shape index (κ2) is 6.87. The van der Waals surface area contributed by atoms with Crippen LogP contribution < -0.4 is 0 Å². The normalized spacial score (nSPS) is 16.4. The van der Waals surface area contributed by atoms with Crippen LogP contribution in [0.1, 0.15) is 46.0 Å². The highest BCUT2D eigenvalue weighted by atomic mass is 35.5. The Hall–Kier alpha value is -3.34. The molecule has 12 heteroatoms. The van der Waals surface area contributed by atoms with Gasteiger partial charge in [-0.05, 0) is 18.2 Å². The van der Waals surface area contributed by atoms with E-state index in [0.717, 1.165) is 10.4 Å². The minimum atomic E-state index is -2.87. The lowest BCUT2D eigenvalue weighted by Gasteiger charge is -2.33. The molecule has 154 valence electrons. The van der Waals surface area contributed by atoms with Gasteiger partial charge in [0.25, 0.3) is 12.3 Å². The first-order valence-corrected chi connectivity index (χ1v) is 9.48. The molecule has 30 heavy (non-hydrogen) atoms. The Morgan fingerprint density at radius 2 is 2.20 bits per heavy atom. The van der Waals surface area contributed by atoms with E-state index in [1.54, 1.807) is 35.2 Å². The summed E-state index contributed by atoms with van der Waals surface area (Å²) in [5, 5.41) is 8.75. The number of pyridine rings is 1. The Morgan fingerprint density at radius 3 is 2.93 bits per heavy atom. The van der Waals surface area contributed by atoms with Crippen molar-refractivity contribution in [3.63, 3.8) is 0 Å². The van der Waals surface area contributed by atoms with Crippen LogP contribution in [0.3, 0.4) is 0 Å². The van der Waals surface area contributed by atoms with Gasteiger partial charge in [0.05, 0.1) is 28.3 Å². The molecule has 0 radical (unpaired) electrons. The van der Waals surface area contributed by atoms with Gasteiger partial charge < -0.3 is 9.88 Å². The molecule has 4 aromatic heterocycles. The van der Waals surface area contributed by atoms with Crippen LogP contribution in [0.5, 0.6) is 0 Å². The monoisotopic (exact) mass is 432 g/mol. The summed E-state index contributed by atoms with van der Waals surface area (Å²) in [5.74, 6) is -1.39. The zero-order valence-corrected chi connectivity index (χ0v) is 16.4. The number of carbonyl (C=O) groups is 1. The van der Waals surface area contributed by atoms with Gasteiger partial charge in [-0.2, -0.15) is 5.10 Å². The van der Waals surface area contributed by atoms with Crippen molar-refractivity contribution in [2.45, 2.75) is 18.9 Å². The van der Waals surface area contributed by atoms with Crippen LogP contribution in [0.2, 0.25) is 5.02 Å². The summed E-state index contributed by atoms with van der Waals surface area (Å²) in [7, 11) is 1.41. The number of carbonyl (C=O) groups excluding carboxylic acids is 1. The molecule has 0 unspecified atom stereocenters. The molecule has 5 rings (SSSR count). The quantitative estimate of drug-likeness (QED) is 0.536. The number of hydrogen-bond acceptors (Lipinski definition) is 5. The summed E-state index contributed by atoms with van der Waals surface area (Å²) in [5.41, 5.74) is 2.77. The van der Waals surface area contributed by atoms with Crippen LogP contribution in [0.25, 0.3) is 5.52 Å². The SMILES string of the molecule is Cn1nc(C(F)F)nc1C(=O)N1CCc2[nH]cnc2[C@@H]1c1cc2c(Cl)cccn2n1. The Morgan fingerprint density at radius 1 is 1.37 bits per heavy atom. The summed E-state index contributed by atoms with van der Waals surface area (Å²) in [6.07, 6.45) is 0.980. The van der Waals surface area contributed by atoms with Crippen molar-refractivity contribution in [3.8, 4) is 0 Å². The number of aromatic amines is 1. The lowest BCUT2D eigenvalue weighted by Crippen LogP contribution is -2.42. The number of aromatic nitrogens is 7. The van der Waals surface area contributed by atoms with Crippen molar-refractivity contribution in [3.05, 3.63) is 64.5 Å². The molecule has 0 spiro atoms. The molecule has 1 aliphatic heterocycles. The number of amides is 1. The standard InChI is InChI=1S/C18H15ClF2N8O/c1-27-17(24-16(26-27)15(20)21)18(30)28-6-4-10-13(23-8-22-10)14(28)11-7-12-9(19)3-2-5-29(12)25-11/h2-3,5,7-8,14-15H,4,6H2,1H3,(H,22,23)/t14-/m0/s1. The van der Waals surface area contributed by atoms with Crippen LogP contribution in [-0.4, -0.2) is 51.7 Å². The molecule has 0 bridgehead atoms. The number of hydrogen-bond donors (Lipinski definition) is 1. The predicted molar refractivity (Wildman–Crippen MR) is 101 cm³/mol. The molecule has 0 aliphatic carbocycles. The molecule has 1 aliphatic rings. The highest BCUT2D eigenvalue weighted by Gasteiger charge is 2.38. The van der Waals surface area contributed by atoms with Crippen LogP contribution in [0, 0.1) is 0 Å². The molecular weight excluding hydrogens is 418 g/mol. The second-order valence-electron chi connectivity index (χ2n) is 6.89. The average Bonchev–Trinajstić information content (AvgIpc) is 3.44. The summed E-state index contributed by atoms with van der Waals surface area (Å²) in [6, 6.07) is 4.67. The Kier molecular flexibility index (Phi) is 4.28. The number of imidazole rings is 1. The van der Waals surface area contributed by atoms with Gasteiger partial charge >= 0.3 is 0 Å². The van der Waals surface area contributed by atoms with Gasteiger partial charge in [-0.3, -0.25) is 4.79 Å². The van der Waals surface area contributed by atoms with Gasteiger partial charge in [0.15, 0.2) is 0 Å². The fraction of sp³-hybridized carbons (Fsp3) is 0.278. The van der Waals surface area contributed by atoms with E-state index in [-0.39, 0.29) is 5.82 Å². The van der Waals surface area contributed by atoms with E-state index in [9.17, 15) is 13.6 Å². The van der Waals surface area contributed by atoms with Crippen LogP contribution in [0.15, 0.2) is 30.7 Å². The van der Waals surface area contributed by atoms with Gasteiger partial charge in [0.2, 0.25) is 11.6 Å². The third kappa shape index (κ3) is 2.84. The predicted octanol–water partition coefficient (Wildman–Crippen LogP) is 2.56. The molecule has 1 atom stereocenters. The van der Waals surface area contributed by atoms with Crippen molar-refractivity contribution in [1.82, 2.24) is 39.2 Å². The molecule has 1 N–H and O–H groups in total. The van der Waals surface area contributed by atoms with Crippen molar-refractivity contribution >= 4 is 23.0 Å². The maximum absolute atomic E-state index is 13.3. The third-order valence-electron chi connectivity index (χ3n) is 5.10. The molecule has 5 heterocycles. The van der Waals surface area contributed by atoms with Crippen molar-refractivity contribution in [2.75, 3.05) is 6.54 Å². The first-order chi connectivity index (χ1) is 14.4. The smallest absolute Gasteiger partial charge is 0.299 e. The maximum Gasteiger partial charge on any atom is 0.299 e. The lowest BCUT2D eigenvalue weighted by molar-refractivity contribution is 0.0669. The van der Waals surface area contributed by atoms with Crippen LogP contribution in [0.4, 0.5) is 8.78 Å². The lowest BCUT2D eigenvalue weighted by atomic mass is 9.99. The van der Waals surface area contributed by atoms with Gasteiger partial charge in [0, 0.05) is 31.9 Å². The molecule has 0 aromatic carbocycles. The second-order valence-corrected chi connectivity index (χ2v) is 7.30. The molecule has 0 saturated carbocycles. The molecular formula is C18H15ClF2N8O. The minimum absolute atomic E-state index is 0.170. The summed E-state index contributed by atoms with van der Waals surface area (Å²) < 4.78 is 28.7. The van der Waals surface area contributed by atoms with Crippen LogP contribution >= 0.6 is 11.6 Å². The topological polar surface area (TPSA) is 97.0 Å². The molecule has 9 nitrogen and oxygen atoms in total. The first kappa shape index (κ1) is 18.7. The van der Waals surface area contributed by atoms with E-state index in [2.05, 4.69) is 25.1 Å². The van der Waals surface area contributed by atoms with E-state index >= 15 is 0 Å². The zero-order valence-electron chi connectivity index (χ0n) is 15.6. The van der Waals surface area contributed by atoms with Gasteiger partial charge in [0.1, 0.15) is 6.04 Å². The number of fused-ring (bicyclic) bond motifs is 2. The number of nitrogens with zero attached hydrogens (tertiary/aromatic N) is 7. The number of nitrogens with one attached hydrogen (secondary N) is 1. The number of rotatable bonds is 3. The molecule has 0 saturated heterocycles. The Bertz CT molecular complexity index is 1260. The number of H-pyrrole nitrogens is 1. The number of alkyl halides is 2. The Balaban J connectivity index is 1.62. The van der Waals surface area contributed by atoms with Crippen molar-refractivity contribution in [1.29, 1.82) is 0 Å². The highest BCUT2D eigenvalue weighted by molar-refractivity contribution is 6.33. The fourth-order valence-corrected chi connectivity index (χ4v) is 3.95. The van der Waals surface area contributed by atoms with Gasteiger partial charge in [-0.25, -0.2) is 27.9 Å². The molecule has 4 aromatic rings. The Labute approximate surface area is 173 Å². The van der Waals surface area contributed by atoms with Crippen molar-refractivity contribution < 1.29 is 13.6 Å². The molecule has 0 fully saturated rings. The van der Waals surface area contributed by atoms with E-state index in [1.165, 1.54) is 11.9 Å². The average molecular weight is 433 g/mol. The third-order valence-corrected chi connectivity index (χ3v) is 5.42. The van der Waals surface area contributed by atoms with E-state index < -0.39 is 24.2 Å². The number of halogens is 3. The minimum Gasteiger partial charge on any atom is -0.348 e. The largest absolute Gasteiger partial charge is 0.348 e. The van der Waals surface area contributed by atoms with Crippen molar-refractivity contribution in [2.24, 2.45) is 7.05 Å². The van der Waals surface area contributed by atoms with Gasteiger partial charge in [-0.1, -0.05) is 11.6 Å². The summed E-state index contributed by atoms with van der Waals surface area (Å²) in [6.45, 7) is 0.331. The van der Waals surface area contributed by atoms with E-state index in [0.29, 0.717) is 34.9 Å². The van der Waals surface area contributed by atoms with E-state index in [4.69, 9.17) is 11.6 Å². The zero-order chi connectivity index (χ0) is 21.0.